The number of carbonyl (C=O) groups excluding carboxylic acids is 1. The fraction of sp³-hybridized carbons (Fsp3) is 0.458. The Bertz CT molecular complexity index is 1050. The molecule has 0 spiro atoms. The van der Waals surface area contributed by atoms with Gasteiger partial charge in [0.2, 0.25) is 5.91 Å². The molecule has 1 fully saturated rings. The molecule has 1 aromatic carbocycles. The van der Waals surface area contributed by atoms with Crippen LogP contribution in [-0.2, 0) is 30.5 Å². The fourth-order valence-corrected chi connectivity index (χ4v) is 5.93. The topological polar surface area (TPSA) is 49.3 Å². The summed E-state index contributed by atoms with van der Waals surface area (Å²) in [6, 6.07) is 10.6. The maximum Gasteiger partial charge on any atom is 0.219 e. The molecule has 0 atom stereocenters. The molecule has 156 valence electrons. The number of fused-ring (bicyclic) bond motifs is 3. The SMILES string of the molecule is CC(=O)N1CCN(c2nc(CCc3ccccc3)nc3sc4c(c23)CCCC4)CC1. The number of benzene rings is 1. The molecule has 0 radical (unpaired) electrons. The van der Waals surface area contributed by atoms with E-state index >= 15 is 0 Å². The van der Waals surface area contributed by atoms with Gasteiger partial charge in [0, 0.05) is 44.4 Å². The molecule has 1 amide bonds. The zero-order valence-corrected chi connectivity index (χ0v) is 18.4. The van der Waals surface area contributed by atoms with Crippen molar-refractivity contribution in [3.05, 3.63) is 52.2 Å². The van der Waals surface area contributed by atoms with Gasteiger partial charge < -0.3 is 9.80 Å². The van der Waals surface area contributed by atoms with Gasteiger partial charge in [0.25, 0.3) is 0 Å². The van der Waals surface area contributed by atoms with E-state index in [4.69, 9.17) is 9.97 Å². The zero-order chi connectivity index (χ0) is 20.5. The molecule has 0 N–H and O–H groups in total. The Morgan fingerprint density at radius 1 is 1.00 bits per heavy atom. The highest BCUT2D eigenvalue weighted by molar-refractivity contribution is 7.19. The highest BCUT2D eigenvalue weighted by Crippen LogP contribution is 2.40. The largest absolute Gasteiger partial charge is 0.352 e. The van der Waals surface area contributed by atoms with Crippen molar-refractivity contribution in [2.75, 3.05) is 31.1 Å². The van der Waals surface area contributed by atoms with E-state index in [0.29, 0.717) is 0 Å². The van der Waals surface area contributed by atoms with E-state index in [0.717, 1.165) is 61.9 Å². The molecule has 3 heterocycles. The van der Waals surface area contributed by atoms with Crippen molar-refractivity contribution in [3.8, 4) is 0 Å². The van der Waals surface area contributed by atoms with Gasteiger partial charge in [-0.1, -0.05) is 30.3 Å². The molecule has 0 bridgehead atoms. The summed E-state index contributed by atoms with van der Waals surface area (Å²) in [5, 5.41) is 1.29. The Morgan fingerprint density at radius 2 is 1.77 bits per heavy atom. The van der Waals surface area contributed by atoms with Crippen molar-refractivity contribution >= 4 is 33.3 Å². The van der Waals surface area contributed by atoms with Crippen LogP contribution in [0.3, 0.4) is 0 Å². The van der Waals surface area contributed by atoms with Crippen LogP contribution >= 0.6 is 11.3 Å². The Balaban J connectivity index is 1.49. The lowest BCUT2D eigenvalue weighted by atomic mass is 9.96. The first-order valence-corrected chi connectivity index (χ1v) is 11.9. The van der Waals surface area contributed by atoms with Gasteiger partial charge >= 0.3 is 0 Å². The first-order chi connectivity index (χ1) is 14.7. The van der Waals surface area contributed by atoms with Crippen LogP contribution < -0.4 is 4.90 Å². The Kier molecular flexibility index (Phi) is 5.42. The van der Waals surface area contributed by atoms with Crippen LogP contribution in [0.15, 0.2) is 30.3 Å². The lowest BCUT2D eigenvalue weighted by Crippen LogP contribution is -2.48. The number of nitrogens with zero attached hydrogens (tertiary/aromatic N) is 4. The van der Waals surface area contributed by atoms with Crippen molar-refractivity contribution in [3.63, 3.8) is 0 Å². The molecular weight excluding hydrogens is 392 g/mol. The Hall–Kier alpha value is -2.47. The normalized spacial score (nSPS) is 16.7. The summed E-state index contributed by atoms with van der Waals surface area (Å²) in [6.07, 6.45) is 6.65. The van der Waals surface area contributed by atoms with Crippen molar-refractivity contribution in [2.24, 2.45) is 0 Å². The van der Waals surface area contributed by atoms with Crippen molar-refractivity contribution in [2.45, 2.75) is 45.4 Å². The van der Waals surface area contributed by atoms with Gasteiger partial charge in [0.1, 0.15) is 16.5 Å². The van der Waals surface area contributed by atoms with Gasteiger partial charge in [-0.05, 0) is 43.2 Å². The molecule has 1 saturated heterocycles. The molecule has 3 aromatic rings. The highest BCUT2D eigenvalue weighted by atomic mass is 32.1. The second-order valence-electron chi connectivity index (χ2n) is 8.33. The summed E-state index contributed by atoms with van der Waals surface area (Å²) in [4.78, 5) is 28.9. The van der Waals surface area contributed by atoms with E-state index < -0.39 is 0 Å². The molecule has 6 heteroatoms. The zero-order valence-electron chi connectivity index (χ0n) is 17.6. The minimum absolute atomic E-state index is 0.166. The summed E-state index contributed by atoms with van der Waals surface area (Å²) >= 11 is 1.88. The number of carbonyl (C=O) groups is 1. The second-order valence-corrected chi connectivity index (χ2v) is 9.42. The van der Waals surface area contributed by atoms with E-state index in [1.165, 1.54) is 40.7 Å². The van der Waals surface area contributed by atoms with Gasteiger partial charge in [-0.25, -0.2) is 9.97 Å². The number of amides is 1. The monoisotopic (exact) mass is 420 g/mol. The third-order valence-electron chi connectivity index (χ3n) is 6.35. The van der Waals surface area contributed by atoms with Gasteiger partial charge in [-0.3, -0.25) is 4.79 Å². The van der Waals surface area contributed by atoms with E-state index in [1.54, 1.807) is 6.92 Å². The number of aryl methyl sites for hydroxylation is 4. The third-order valence-corrected chi connectivity index (χ3v) is 7.53. The van der Waals surface area contributed by atoms with E-state index in [2.05, 4.69) is 35.2 Å². The number of hydrogen-bond acceptors (Lipinski definition) is 5. The number of aromatic nitrogens is 2. The number of piperazine rings is 1. The lowest BCUT2D eigenvalue weighted by Gasteiger charge is -2.35. The van der Waals surface area contributed by atoms with Gasteiger partial charge in [0.15, 0.2) is 0 Å². The number of thiophene rings is 1. The first-order valence-electron chi connectivity index (χ1n) is 11.0. The number of anilines is 1. The van der Waals surface area contributed by atoms with E-state index in [1.807, 2.05) is 16.2 Å². The van der Waals surface area contributed by atoms with Crippen molar-refractivity contribution < 1.29 is 4.79 Å². The minimum atomic E-state index is 0.166. The molecule has 1 aliphatic heterocycles. The molecular formula is C24H28N4OS. The van der Waals surface area contributed by atoms with Gasteiger partial charge in [-0.2, -0.15) is 0 Å². The van der Waals surface area contributed by atoms with E-state index in [9.17, 15) is 4.79 Å². The van der Waals surface area contributed by atoms with E-state index in [-0.39, 0.29) is 5.91 Å². The molecule has 30 heavy (non-hydrogen) atoms. The van der Waals surface area contributed by atoms with Crippen LogP contribution in [0, 0.1) is 0 Å². The fourth-order valence-electron chi connectivity index (χ4n) is 4.66. The standard InChI is InChI=1S/C24H28N4OS/c1-17(29)27-13-15-28(16-14-27)23-22-19-9-5-6-10-20(19)30-24(22)26-21(25-23)12-11-18-7-3-2-4-8-18/h2-4,7-8H,5-6,9-16H2,1H3. The maximum absolute atomic E-state index is 11.8. The molecule has 2 aromatic heterocycles. The molecule has 5 nitrogen and oxygen atoms in total. The predicted molar refractivity (Wildman–Crippen MR) is 122 cm³/mol. The van der Waals surface area contributed by atoms with Crippen LogP contribution in [0.4, 0.5) is 5.82 Å². The first kappa shape index (κ1) is 19.5. The Morgan fingerprint density at radius 3 is 2.53 bits per heavy atom. The Labute approximate surface area is 181 Å². The molecule has 0 saturated carbocycles. The van der Waals surface area contributed by atoms with Crippen molar-refractivity contribution in [1.29, 1.82) is 0 Å². The summed E-state index contributed by atoms with van der Waals surface area (Å²) in [5.41, 5.74) is 2.81. The predicted octanol–water partition coefficient (Wildman–Crippen LogP) is 4.02. The summed E-state index contributed by atoms with van der Waals surface area (Å²) in [6.45, 7) is 4.89. The maximum atomic E-state index is 11.8. The highest BCUT2D eigenvalue weighted by Gasteiger charge is 2.26. The van der Waals surface area contributed by atoms with Crippen LogP contribution in [-0.4, -0.2) is 47.0 Å². The lowest BCUT2D eigenvalue weighted by molar-refractivity contribution is -0.129. The van der Waals surface area contributed by atoms with Crippen LogP contribution in [0.5, 0.6) is 0 Å². The molecule has 1 aliphatic carbocycles. The quantitative estimate of drug-likeness (QED) is 0.640. The minimum Gasteiger partial charge on any atom is -0.352 e. The number of hydrogen-bond donors (Lipinski definition) is 0. The second kappa shape index (κ2) is 8.34. The third kappa shape index (κ3) is 3.81. The molecule has 2 aliphatic rings. The summed E-state index contributed by atoms with van der Waals surface area (Å²) < 4.78 is 0. The molecule has 5 rings (SSSR count). The van der Waals surface area contributed by atoms with Crippen LogP contribution in [0.2, 0.25) is 0 Å². The summed E-state index contributed by atoms with van der Waals surface area (Å²) in [5.74, 6) is 2.21. The van der Waals surface area contributed by atoms with Gasteiger partial charge in [-0.15, -0.1) is 11.3 Å². The van der Waals surface area contributed by atoms with Crippen molar-refractivity contribution in [1.82, 2.24) is 14.9 Å². The number of rotatable bonds is 4. The average Bonchev–Trinajstić information content (AvgIpc) is 3.16. The summed E-state index contributed by atoms with van der Waals surface area (Å²) in [7, 11) is 0. The average molecular weight is 421 g/mol. The van der Waals surface area contributed by atoms with Gasteiger partial charge in [0.05, 0.1) is 5.39 Å². The smallest absolute Gasteiger partial charge is 0.219 e. The van der Waals surface area contributed by atoms with Crippen LogP contribution in [0.1, 0.15) is 41.6 Å². The van der Waals surface area contributed by atoms with Crippen LogP contribution in [0.25, 0.3) is 10.2 Å². The molecule has 0 unspecified atom stereocenters.